The number of methoxy groups -OCH3 is 1. The lowest BCUT2D eigenvalue weighted by Crippen LogP contribution is -2.70. The minimum Gasteiger partial charge on any atom is -0.450 e. The molecule has 4 heteroatoms. The largest absolute Gasteiger partial charge is 0.450 e. The van der Waals surface area contributed by atoms with Crippen molar-refractivity contribution in [3.63, 3.8) is 0 Å². The average Bonchev–Trinajstić information content (AvgIpc) is 2.58. The Bertz CT molecular complexity index is 817. The third-order valence-corrected chi connectivity index (χ3v) is 9.56. The van der Waals surface area contributed by atoms with Gasteiger partial charge in [0.05, 0.1) is 17.9 Å². The summed E-state index contributed by atoms with van der Waals surface area (Å²) in [5.74, 6) is 3.16. The van der Waals surface area contributed by atoms with Crippen LogP contribution in [0.3, 0.4) is 0 Å². The highest BCUT2D eigenvalue weighted by molar-refractivity contribution is 6.88. The molecule has 1 aromatic carbocycles. The molecule has 4 aliphatic carbocycles. The third kappa shape index (κ3) is 2.31. The molecule has 1 unspecified atom stereocenters. The molecule has 4 bridgehead atoms. The van der Waals surface area contributed by atoms with E-state index in [0.29, 0.717) is 11.8 Å². The van der Waals surface area contributed by atoms with Gasteiger partial charge in [0.15, 0.2) is 0 Å². The normalized spacial score (nSPS) is 44.3. The predicted octanol–water partition coefficient (Wildman–Crippen LogP) is 4.71. The van der Waals surface area contributed by atoms with Crippen molar-refractivity contribution in [2.75, 3.05) is 7.04 Å². The highest BCUT2D eigenvalue weighted by Crippen LogP contribution is 2.67. The molecule has 5 fully saturated rings. The van der Waals surface area contributed by atoms with Crippen molar-refractivity contribution in [2.45, 2.75) is 58.0 Å². The van der Waals surface area contributed by atoms with Gasteiger partial charge in [-0.2, -0.15) is 0 Å². The van der Waals surface area contributed by atoms with Crippen LogP contribution < -0.4 is 5.19 Å². The topological polar surface area (TPSA) is 30.8 Å². The second kappa shape index (κ2) is 5.68. The van der Waals surface area contributed by atoms with Crippen LogP contribution in [0.5, 0.6) is 0 Å². The molecule has 5 aliphatic rings. The lowest BCUT2D eigenvalue weighted by molar-refractivity contribution is -0.265. The van der Waals surface area contributed by atoms with Crippen molar-refractivity contribution in [3.05, 3.63) is 24.3 Å². The van der Waals surface area contributed by atoms with Gasteiger partial charge >= 0.3 is 0 Å². The molecule has 0 amide bonds. The van der Waals surface area contributed by atoms with Crippen molar-refractivity contribution in [2.24, 2.45) is 34.1 Å². The number of ether oxygens (including phenoxy) is 2. The minimum atomic E-state index is -2.45. The summed E-state index contributed by atoms with van der Waals surface area (Å²) in [5, 5.41) is 1.37. The first-order chi connectivity index (χ1) is 13.6. The molecule has 3 nitrogen and oxygen atoms in total. The van der Waals surface area contributed by atoms with Crippen LogP contribution in [0.1, 0.15) is 36.2 Å². The molecule has 4 saturated carbocycles. The van der Waals surface area contributed by atoms with Gasteiger partial charge in [0.1, 0.15) is 5.41 Å². The summed E-state index contributed by atoms with van der Waals surface area (Å²) in [6.07, 6.45) is 5.29. The summed E-state index contributed by atoms with van der Waals surface area (Å²) in [5.41, 5.74) is 0.567. The number of benzene rings is 1. The zero-order chi connectivity index (χ0) is 20.6. The molecule has 0 radical (unpaired) electrons. The first kappa shape index (κ1) is 13.9. The lowest BCUT2D eigenvalue weighted by atomic mass is 9.43. The van der Waals surface area contributed by atoms with Crippen molar-refractivity contribution < 1.29 is 13.6 Å². The Kier molecular flexibility index (Phi) is 3.05. The lowest BCUT2D eigenvalue weighted by Gasteiger charge is -2.66. The highest BCUT2D eigenvalue weighted by Gasteiger charge is 2.70. The van der Waals surface area contributed by atoms with Crippen LogP contribution in [0.25, 0.3) is 0 Å². The Morgan fingerprint density at radius 1 is 1.12 bits per heavy atom. The SMILES string of the molecule is [2H]C([2H])([2H])OC1OC(=Nc2cccc([Si](C)(C)C)c2)C12C1CC3CC(C1)CC2C3. The van der Waals surface area contributed by atoms with Crippen LogP contribution in [0.15, 0.2) is 29.3 Å². The van der Waals surface area contributed by atoms with Gasteiger partial charge in [-0.25, -0.2) is 4.99 Å². The fourth-order valence-corrected chi connectivity index (χ4v) is 7.62. The van der Waals surface area contributed by atoms with Crippen LogP contribution in [0.2, 0.25) is 19.6 Å². The highest BCUT2D eigenvalue weighted by atomic mass is 28.3. The third-order valence-electron chi connectivity index (χ3n) is 7.52. The Labute approximate surface area is 162 Å². The Morgan fingerprint density at radius 2 is 1.81 bits per heavy atom. The number of rotatable bonds is 3. The minimum absolute atomic E-state index is 0.350. The van der Waals surface area contributed by atoms with Crippen LogP contribution in [-0.2, 0) is 9.47 Å². The van der Waals surface area contributed by atoms with E-state index in [4.69, 9.17) is 18.6 Å². The number of aliphatic imine (C=N–C) groups is 1. The van der Waals surface area contributed by atoms with E-state index >= 15 is 0 Å². The number of hydrogen-bond donors (Lipinski definition) is 0. The van der Waals surface area contributed by atoms with Gasteiger partial charge in [-0.15, -0.1) is 0 Å². The van der Waals surface area contributed by atoms with Crippen molar-refractivity contribution >= 4 is 24.8 Å². The van der Waals surface area contributed by atoms with E-state index in [2.05, 4.69) is 37.8 Å². The summed E-state index contributed by atoms with van der Waals surface area (Å²) in [4.78, 5) is 4.97. The smallest absolute Gasteiger partial charge is 0.216 e. The maximum atomic E-state index is 7.64. The number of nitrogens with zero attached hydrogens (tertiary/aromatic N) is 1. The maximum absolute atomic E-state index is 7.64. The molecule has 0 aromatic heterocycles. The standard InChI is InChI=1S/C22H31NO2Si/c1-24-21-22(16-9-14-8-15(11-16)12-17(22)10-14)20(25-21)23-18-6-5-7-19(13-18)26(2,3)4/h5-7,13-17,21H,8-12H2,1-4H3/i1D3. The van der Waals surface area contributed by atoms with Gasteiger partial charge in [0.25, 0.3) is 0 Å². The van der Waals surface area contributed by atoms with Crippen LogP contribution >= 0.6 is 0 Å². The average molecular weight is 373 g/mol. The quantitative estimate of drug-likeness (QED) is 0.720. The fourth-order valence-electron chi connectivity index (χ4n) is 6.45. The first-order valence-electron chi connectivity index (χ1n) is 11.6. The van der Waals surface area contributed by atoms with Gasteiger partial charge < -0.3 is 9.47 Å². The predicted molar refractivity (Wildman–Crippen MR) is 108 cm³/mol. The molecule has 1 spiro atoms. The van der Waals surface area contributed by atoms with E-state index in [0.717, 1.165) is 49.1 Å². The van der Waals surface area contributed by atoms with Crippen molar-refractivity contribution in [3.8, 4) is 0 Å². The summed E-state index contributed by atoms with van der Waals surface area (Å²) < 4.78 is 34.4. The monoisotopic (exact) mass is 372 g/mol. The molecule has 1 aromatic rings. The van der Waals surface area contributed by atoms with Crippen LogP contribution in [0.4, 0.5) is 5.69 Å². The molecule has 1 saturated heterocycles. The van der Waals surface area contributed by atoms with E-state index in [1.54, 1.807) is 0 Å². The summed E-state index contributed by atoms with van der Waals surface area (Å²) in [6.45, 7) is 7.00. The fraction of sp³-hybridized carbons (Fsp3) is 0.682. The zero-order valence-electron chi connectivity index (χ0n) is 19.0. The molecule has 1 atom stereocenters. The van der Waals surface area contributed by atoms with E-state index in [1.807, 2.05) is 6.07 Å². The summed E-state index contributed by atoms with van der Waals surface area (Å²) in [6, 6.07) is 8.48. The van der Waals surface area contributed by atoms with Gasteiger partial charge in [-0.05, 0) is 67.9 Å². The second-order valence-electron chi connectivity index (χ2n) is 10.0. The van der Waals surface area contributed by atoms with Gasteiger partial charge in [-0.1, -0.05) is 37.0 Å². The summed E-state index contributed by atoms with van der Waals surface area (Å²) >= 11 is 0. The van der Waals surface area contributed by atoms with Crippen LogP contribution in [0, 0.1) is 29.1 Å². The van der Waals surface area contributed by atoms with E-state index < -0.39 is 21.4 Å². The van der Waals surface area contributed by atoms with E-state index in [1.165, 1.54) is 11.6 Å². The Balaban J connectivity index is 1.53. The van der Waals surface area contributed by atoms with Crippen LogP contribution in [-0.4, -0.2) is 27.3 Å². The molecule has 0 N–H and O–H groups in total. The second-order valence-corrected chi connectivity index (χ2v) is 15.1. The van der Waals surface area contributed by atoms with Gasteiger partial charge in [-0.3, -0.25) is 0 Å². The first-order valence-corrected chi connectivity index (χ1v) is 13.6. The van der Waals surface area contributed by atoms with Crippen molar-refractivity contribution in [1.82, 2.24) is 0 Å². The van der Waals surface area contributed by atoms with Crippen molar-refractivity contribution in [1.29, 1.82) is 0 Å². The molecule has 1 heterocycles. The molecule has 140 valence electrons. The molecule has 26 heavy (non-hydrogen) atoms. The molecule has 6 rings (SSSR count). The molecular weight excluding hydrogens is 338 g/mol. The summed E-state index contributed by atoms with van der Waals surface area (Å²) in [7, 11) is -3.89. The Hall–Kier alpha value is -1.13. The Morgan fingerprint density at radius 3 is 2.42 bits per heavy atom. The zero-order valence-corrected chi connectivity index (χ0v) is 17.0. The van der Waals surface area contributed by atoms with E-state index in [9.17, 15) is 0 Å². The number of hydrogen-bond acceptors (Lipinski definition) is 3. The van der Waals surface area contributed by atoms with Gasteiger partial charge in [0.2, 0.25) is 12.2 Å². The van der Waals surface area contributed by atoms with E-state index in [-0.39, 0.29) is 5.41 Å². The molecular formula is C22H31NO2Si. The molecule has 1 aliphatic heterocycles. The maximum Gasteiger partial charge on any atom is 0.216 e. The van der Waals surface area contributed by atoms with Gasteiger partial charge in [0, 0.05) is 7.04 Å².